The largest absolute Gasteiger partial charge is 0.467 e. The lowest BCUT2D eigenvalue weighted by atomic mass is 9.90. The van der Waals surface area contributed by atoms with Crippen molar-refractivity contribution in [1.82, 2.24) is 4.90 Å². The second-order valence-corrected chi connectivity index (χ2v) is 5.24. The van der Waals surface area contributed by atoms with Gasteiger partial charge in [0.25, 0.3) is 0 Å². The summed E-state index contributed by atoms with van der Waals surface area (Å²) in [7, 11) is 1.29. The molecule has 0 amide bonds. The summed E-state index contributed by atoms with van der Waals surface area (Å²) >= 11 is 0. The van der Waals surface area contributed by atoms with E-state index in [0.29, 0.717) is 12.5 Å². The first kappa shape index (κ1) is 14.4. The number of piperidine rings is 1. The van der Waals surface area contributed by atoms with Gasteiger partial charge >= 0.3 is 5.97 Å². The summed E-state index contributed by atoms with van der Waals surface area (Å²) in [4.78, 5) is 13.5. The minimum absolute atomic E-state index is 0.221. The number of ether oxygens (including phenoxy) is 1. The monoisotopic (exact) mass is 244 g/mol. The molecule has 0 spiro atoms. The first-order valence-electron chi connectivity index (χ1n) is 6.15. The fourth-order valence-electron chi connectivity index (χ4n) is 2.36. The molecule has 1 rings (SSSR count). The molecule has 0 aromatic heterocycles. The second-order valence-electron chi connectivity index (χ2n) is 5.24. The molecule has 0 saturated carbocycles. The van der Waals surface area contributed by atoms with Crippen molar-refractivity contribution in [2.45, 2.75) is 38.3 Å². The Labute approximate surface area is 103 Å². The lowest BCUT2D eigenvalue weighted by Gasteiger charge is -2.36. The SMILES string of the molecule is COC(=O)C(C)(O)CN1CCC(C(C)N)CC1. The molecule has 1 saturated heterocycles. The van der Waals surface area contributed by atoms with E-state index in [1.54, 1.807) is 0 Å². The summed E-state index contributed by atoms with van der Waals surface area (Å²) in [5.41, 5.74) is 4.45. The van der Waals surface area contributed by atoms with E-state index in [1.807, 2.05) is 6.92 Å². The molecule has 0 aromatic carbocycles. The third-order valence-electron chi connectivity index (χ3n) is 3.53. The molecular formula is C12H24N2O3. The summed E-state index contributed by atoms with van der Waals surface area (Å²) in [6.07, 6.45) is 2.05. The molecule has 5 nitrogen and oxygen atoms in total. The van der Waals surface area contributed by atoms with Crippen LogP contribution < -0.4 is 5.73 Å². The van der Waals surface area contributed by atoms with Crippen molar-refractivity contribution >= 4 is 5.97 Å². The van der Waals surface area contributed by atoms with Crippen LogP contribution in [-0.4, -0.2) is 54.4 Å². The molecule has 2 unspecified atom stereocenters. The molecular weight excluding hydrogens is 220 g/mol. The van der Waals surface area contributed by atoms with Crippen molar-refractivity contribution in [3.05, 3.63) is 0 Å². The highest BCUT2D eigenvalue weighted by atomic mass is 16.5. The molecule has 0 radical (unpaired) electrons. The van der Waals surface area contributed by atoms with Gasteiger partial charge in [-0.2, -0.15) is 0 Å². The van der Waals surface area contributed by atoms with Gasteiger partial charge in [0.2, 0.25) is 0 Å². The zero-order valence-electron chi connectivity index (χ0n) is 11.0. The molecule has 1 aliphatic heterocycles. The zero-order valence-corrected chi connectivity index (χ0v) is 11.0. The van der Waals surface area contributed by atoms with Crippen molar-refractivity contribution in [2.24, 2.45) is 11.7 Å². The number of β-amino-alcohol motifs (C(OH)–C–C–N with tert-alkyl or cyclic N) is 1. The van der Waals surface area contributed by atoms with Gasteiger partial charge in [0.05, 0.1) is 7.11 Å². The molecule has 0 bridgehead atoms. The topological polar surface area (TPSA) is 75.8 Å². The van der Waals surface area contributed by atoms with Gasteiger partial charge in [-0.25, -0.2) is 4.79 Å². The predicted octanol–water partition coefficient (Wildman–Crippen LogP) is -0.0304. The Balaban J connectivity index is 2.42. The average Bonchev–Trinajstić information content (AvgIpc) is 2.28. The summed E-state index contributed by atoms with van der Waals surface area (Å²) in [6, 6.07) is 0.221. The zero-order chi connectivity index (χ0) is 13.1. The third kappa shape index (κ3) is 3.94. The average molecular weight is 244 g/mol. The summed E-state index contributed by atoms with van der Waals surface area (Å²) < 4.78 is 4.58. The van der Waals surface area contributed by atoms with Gasteiger partial charge in [-0.15, -0.1) is 0 Å². The Morgan fingerprint density at radius 2 is 2.12 bits per heavy atom. The van der Waals surface area contributed by atoms with Crippen LogP contribution in [0, 0.1) is 5.92 Å². The van der Waals surface area contributed by atoms with Crippen molar-refractivity contribution in [2.75, 3.05) is 26.7 Å². The normalized spacial score (nSPS) is 24.1. The molecule has 17 heavy (non-hydrogen) atoms. The fraction of sp³-hybridized carbons (Fsp3) is 0.917. The Hall–Kier alpha value is -0.650. The first-order valence-corrected chi connectivity index (χ1v) is 6.15. The van der Waals surface area contributed by atoms with Gasteiger partial charge < -0.3 is 15.6 Å². The number of esters is 1. The van der Waals surface area contributed by atoms with Crippen LogP contribution in [0.25, 0.3) is 0 Å². The Kier molecular flexibility index (Phi) is 4.91. The highest BCUT2D eigenvalue weighted by molar-refractivity contribution is 5.78. The lowest BCUT2D eigenvalue weighted by molar-refractivity contribution is -0.162. The van der Waals surface area contributed by atoms with Crippen LogP contribution in [-0.2, 0) is 9.53 Å². The molecule has 3 N–H and O–H groups in total. The van der Waals surface area contributed by atoms with Gasteiger partial charge in [-0.05, 0) is 45.7 Å². The molecule has 100 valence electrons. The van der Waals surface area contributed by atoms with Crippen LogP contribution in [0.4, 0.5) is 0 Å². The number of rotatable bonds is 4. The third-order valence-corrected chi connectivity index (χ3v) is 3.53. The van der Waals surface area contributed by atoms with E-state index in [9.17, 15) is 9.90 Å². The van der Waals surface area contributed by atoms with Gasteiger partial charge in [-0.3, -0.25) is 4.90 Å². The number of likely N-dealkylation sites (tertiary alicyclic amines) is 1. The highest BCUT2D eigenvalue weighted by Crippen LogP contribution is 2.21. The maximum absolute atomic E-state index is 11.4. The van der Waals surface area contributed by atoms with Gasteiger partial charge in [0.1, 0.15) is 0 Å². The highest BCUT2D eigenvalue weighted by Gasteiger charge is 2.35. The van der Waals surface area contributed by atoms with Gasteiger partial charge in [-0.1, -0.05) is 0 Å². The Bertz CT molecular complexity index is 258. The smallest absolute Gasteiger partial charge is 0.338 e. The van der Waals surface area contributed by atoms with Crippen LogP contribution in [0.5, 0.6) is 0 Å². The first-order chi connectivity index (χ1) is 7.86. The van der Waals surface area contributed by atoms with Gasteiger partial charge in [0, 0.05) is 12.6 Å². The van der Waals surface area contributed by atoms with E-state index in [0.717, 1.165) is 25.9 Å². The van der Waals surface area contributed by atoms with Crippen molar-refractivity contribution in [3.63, 3.8) is 0 Å². The van der Waals surface area contributed by atoms with Crippen LogP contribution in [0.1, 0.15) is 26.7 Å². The number of hydrogen-bond acceptors (Lipinski definition) is 5. The number of carbonyl (C=O) groups excluding carboxylic acids is 1. The predicted molar refractivity (Wildman–Crippen MR) is 65.5 cm³/mol. The summed E-state index contributed by atoms with van der Waals surface area (Å²) in [5, 5.41) is 9.97. The summed E-state index contributed by atoms with van der Waals surface area (Å²) in [6.45, 7) is 5.60. The number of nitrogens with zero attached hydrogens (tertiary/aromatic N) is 1. The molecule has 1 aliphatic rings. The molecule has 1 fully saturated rings. The number of carbonyl (C=O) groups is 1. The maximum atomic E-state index is 11.4. The molecule has 5 heteroatoms. The molecule has 2 atom stereocenters. The van der Waals surface area contributed by atoms with Crippen LogP contribution in [0.3, 0.4) is 0 Å². The van der Waals surface area contributed by atoms with E-state index in [4.69, 9.17) is 5.73 Å². The van der Waals surface area contributed by atoms with E-state index in [1.165, 1.54) is 14.0 Å². The second kappa shape index (κ2) is 5.80. The minimum Gasteiger partial charge on any atom is -0.467 e. The number of hydrogen-bond donors (Lipinski definition) is 2. The van der Waals surface area contributed by atoms with E-state index in [-0.39, 0.29) is 6.04 Å². The van der Waals surface area contributed by atoms with E-state index < -0.39 is 11.6 Å². The van der Waals surface area contributed by atoms with Crippen molar-refractivity contribution < 1.29 is 14.6 Å². The van der Waals surface area contributed by atoms with Crippen molar-refractivity contribution in [3.8, 4) is 0 Å². The van der Waals surface area contributed by atoms with Crippen LogP contribution in [0.2, 0.25) is 0 Å². The van der Waals surface area contributed by atoms with Crippen LogP contribution in [0.15, 0.2) is 0 Å². The maximum Gasteiger partial charge on any atom is 0.338 e. The van der Waals surface area contributed by atoms with Crippen LogP contribution >= 0.6 is 0 Å². The quantitative estimate of drug-likeness (QED) is 0.679. The number of nitrogens with two attached hydrogens (primary N) is 1. The Morgan fingerprint density at radius 1 is 1.59 bits per heavy atom. The van der Waals surface area contributed by atoms with E-state index >= 15 is 0 Å². The summed E-state index contributed by atoms with van der Waals surface area (Å²) in [5.74, 6) is -0.0267. The molecule has 1 heterocycles. The fourth-order valence-corrected chi connectivity index (χ4v) is 2.36. The van der Waals surface area contributed by atoms with Crippen molar-refractivity contribution in [1.29, 1.82) is 0 Å². The molecule has 0 aromatic rings. The minimum atomic E-state index is -1.42. The Morgan fingerprint density at radius 3 is 2.53 bits per heavy atom. The van der Waals surface area contributed by atoms with E-state index in [2.05, 4.69) is 9.64 Å². The van der Waals surface area contributed by atoms with Gasteiger partial charge in [0.15, 0.2) is 5.60 Å². The standard InChI is InChI=1S/C12H24N2O3/c1-9(13)10-4-6-14(7-5-10)8-12(2,16)11(15)17-3/h9-10,16H,4-8,13H2,1-3H3. The lowest BCUT2D eigenvalue weighted by Crippen LogP contribution is -2.50. The number of aliphatic hydroxyl groups is 1. The number of methoxy groups -OCH3 is 1. The molecule has 0 aliphatic carbocycles.